The number of fused-ring (bicyclic) bond motifs is 1. The standard InChI is InChI=1S/C21H21N5O2/c1-25(2)20-15-10-12-26(21(28)18-17(27)9-6-11-22-18)13-16(15)23-19(24-20)14-7-4-3-5-8-14/h3-9,11,27H,10,12-13H2,1-2H3. The number of anilines is 1. The summed E-state index contributed by atoms with van der Waals surface area (Å²) in [5, 5.41) is 9.97. The van der Waals surface area contributed by atoms with Gasteiger partial charge < -0.3 is 14.9 Å². The minimum atomic E-state index is -0.296. The topological polar surface area (TPSA) is 82.5 Å². The summed E-state index contributed by atoms with van der Waals surface area (Å²) < 4.78 is 0. The van der Waals surface area contributed by atoms with Gasteiger partial charge in [-0.15, -0.1) is 0 Å². The minimum Gasteiger partial charge on any atom is -0.505 e. The first-order valence-corrected chi connectivity index (χ1v) is 9.10. The average Bonchev–Trinajstić information content (AvgIpc) is 2.73. The second-order valence-corrected chi connectivity index (χ2v) is 6.90. The molecule has 1 aromatic carbocycles. The monoisotopic (exact) mass is 375 g/mol. The first kappa shape index (κ1) is 17.9. The van der Waals surface area contributed by atoms with Gasteiger partial charge in [-0.05, 0) is 18.6 Å². The maximum absolute atomic E-state index is 12.9. The minimum absolute atomic E-state index is 0.0659. The summed E-state index contributed by atoms with van der Waals surface area (Å²) in [5.74, 6) is 1.10. The van der Waals surface area contributed by atoms with E-state index in [4.69, 9.17) is 9.97 Å². The Morgan fingerprint density at radius 2 is 1.89 bits per heavy atom. The first-order chi connectivity index (χ1) is 13.5. The maximum atomic E-state index is 12.9. The van der Waals surface area contributed by atoms with Gasteiger partial charge in [-0.1, -0.05) is 30.3 Å². The van der Waals surface area contributed by atoms with Gasteiger partial charge in [0.25, 0.3) is 5.91 Å². The normalized spacial score (nSPS) is 13.1. The maximum Gasteiger partial charge on any atom is 0.276 e. The molecule has 0 radical (unpaired) electrons. The molecule has 0 fully saturated rings. The molecule has 0 atom stereocenters. The van der Waals surface area contributed by atoms with Gasteiger partial charge in [-0.2, -0.15) is 0 Å². The predicted molar refractivity (Wildman–Crippen MR) is 106 cm³/mol. The zero-order chi connectivity index (χ0) is 19.7. The molecule has 0 bridgehead atoms. The number of rotatable bonds is 3. The molecule has 0 saturated carbocycles. The van der Waals surface area contributed by atoms with Crippen LogP contribution in [0.25, 0.3) is 11.4 Å². The largest absolute Gasteiger partial charge is 0.505 e. The molecule has 7 nitrogen and oxygen atoms in total. The van der Waals surface area contributed by atoms with Crippen molar-refractivity contribution < 1.29 is 9.90 Å². The Labute approximate surface area is 163 Å². The van der Waals surface area contributed by atoms with Gasteiger partial charge in [-0.3, -0.25) is 4.79 Å². The molecule has 7 heteroatoms. The van der Waals surface area contributed by atoms with Gasteiger partial charge in [0, 0.05) is 38.0 Å². The summed E-state index contributed by atoms with van der Waals surface area (Å²) in [7, 11) is 3.92. The lowest BCUT2D eigenvalue weighted by atomic mass is 10.0. The molecule has 3 heterocycles. The molecule has 0 aliphatic carbocycles. The summed E-state index contributed by atoms with van der Waals surface area (Å²) in [6.07, 6.45) is 2.15. The summed E-state index contributed by atoms with van der Waals surface area (Å²) in [4.78, 5) is 30.1. The van der Waals surface area contributed by atoms with Crippen molar-refractivity contribution in [3.8, 4) is 17.1 Å². The van der Waals surface area contributed by atoms with Crippen LogP contribution in [0.3, 0.4) is 0 Å². The summed E-state index contributed by atoms with van der Waals surface area (Å²) in [6, 6.07) is 12.9. The molecular weight excluding hydrogens is 354 g/mol. The van der Waals surface area contributed by atoms with Crippen molar-refractivity contribution in [3.05, 3.63) is 65.6 Å². The van der Waals surface area contributed by atoms with E-state index in [1.165, 1.54) is 12.3 Å². The molecule has 1 aliphatic rings. The molecule has 2 aromatic heterocycles. The van der Waals surface area contributed by atoms with E-state index in [0.717, 1.165) is 22.6 Å². The third kappa shape index (κ3) is 3.26. The van der Waals surface area contributed by atoms with E-state index in [0.29, 0.717) is 25.3 Å². The smallest absolute Gasteiger partial charge is 0.276 e. The Morgan fingerprint density at radius 3 is 2.61 bits per heavy atom. The number of amides is 1. The van der Waals surface area contributed by atoms with Gasteiger partial charge in [-0.25, -0.2) is 15.0 Å². The lowest BCUT2D eigenvalue weighted by Crippen LogP contribution is -2.38. The number of nitrogens with zero attached hydrogens (tertiary/aromatic N) is 5. The van der Waals surface area contributed by atoms with E-state index >= 15 is 0 Å². The van der Waals surface area contributed by atoms with Crippen molar-refractivity contribution in [3.63, 3.8) is 0 Å². The van der Waals surface area contributed by atoms with Crippen molar-refractivity contribution >= 4 is 11.7 Å². The van der Waals surface area contributed by atoms with E-state index in [1.807, 2.05) is 49.3 Å². The summed E-state index contributed by atoms with van der Waals surface area (Å²) in [5.41, 5.74) is 2.88. The first-order valence-electron chi connectivity index (χ1n) is 9.10. The Balaban J connectivity index is 1.72. The fourth-order valence-electron chi connectivity index (χ4n) is 3.38. The highest BCUT2D eigenvalue weighted by atomic mass is 16.3. The Morgan fingerprint density at radius 1 is 1.11 bits per heavy atom. The van der Waals surface area contributed by atoms with Gasteiger partial charge in [0.1, 0.15) is 11.6 Å². The number of carbonyl (C=O) groups excluding carboxylic acids is 1. The molecular formula is C21H21N5O2. The SMILES string of the molecule is CN(C)c1nc(-c2ccccc2)nc2c1CCN(C(=O)c1ncccc1O)C2. The highest BCUT2D eigenvalue weighted by molar-refractivity contribution is 5.94. The van der Waals surface area contributed by atoms with Crippen LogP contribution in [0.4, 0.5) is 5.82 Å². The second kappa shape index (κ2) is 7.26. The summed E-state index contributed by atoms with van der Waals surface area (Å²) in [6.45, 7) is 0.879. The van der Waals surface area contributed by atoms with Crippen LogP contribution in [-0.4, -0.2) is 51.5 Å². The zero-order valence-electron chi connectivity index (χ0n) is 15.8. The lowest BCUT2D eigenvalue weighted by molar-refractivity contribution is 0.0722. The van der Waals surface area contributed by atoms with Gasteiger partial charge >= 0.3 is 0 Å². The Kier molecular flexibility index (Phi) is 4.65. The number of aromatic nitrogens is 3. The zero-order valence-corrected chi connectivity index (χ0v) is 15.8. The lowest BCUT2D eigenvalue weighted by Gasteiger charge is -2.30. The molecule has 1 amide bonds. The number of aromatic hydroxyl groups is 1. The molecule has 4 rings (SSSR count). The van der Waals surface area contributed by atoms with Crippen LogP contribution in [0.1, 0.15) is 21.7 Å². The van der Waals surface area contributed by atoms with Crippen molar-refractivity contribution in [1.29, 1.82) is 0 Å². The van der Waals surface area contributed by atoms with E-state index in [2.05, 4.69) is 4.98 Å². The number of pyridine rings is 1. The van der Waals surface area contributed by atoms with E-state index in [9.17, 15) is 9.90 Å². The number of carbonyl (C=O) groups is 1. The van der Waals surface area contributed by atoms with E-state index < -0.39 is 0 Å². The van der Waals surface area contributed by atoms with Gasteiger partial charge in [0.2, 0.25) is 0 Å². The molecule has 1 N–H and O–H groups in total. The van der Waals surface area contributed by atoms with Crippen LogP contribution in [-0.2, 0) is 13.0 Å². The third-order valence-electron chi connectivity index (χ3n) is 4.78. The van der Waals surface area contributed by atoms with Crippen LogP contribution in [0.15, 0.2) is 48.7 Å². The predicted octanol–water partition coefficient (Wildman–Crippen LogP) is 2.51. The molecule has 3 aromatic rings. The van der Waals surface area contributed by atoms with Crippen molar-refractivity contribution in [2.24, 2.45) is 0 Å². The van der Waals surface area contributed by atoms with Crippen molar-refractivity contribution in [2.75, 3.05) is 25.5 Å². The number of hydrogen-bond acceptors (Lipinski definition) is 6. The number of hydrogen-bond donors (Lipinski definition) is 1. The molecule has 0 spiro atoms. The fourth-order valence-corrected chi connectivity index (χ4v) is 3.38. The van der Waals surface area contributed by atoms with Gasteiger partial charge in [0.15, 0.2) is 11.5 Å². The van der Waals surface area contributed by atoms with Crippen molar-refractivity contribution in [1.82, 2.24) is 19.9 Å². The number of benzene rings is 1. The third-order valence-corrected chi connectivity index (χ3v) is 4.78. The average molecular weight is 375 g/mol. The molecule has 0 saturated heterocycles. The quantitative estimate of drug-likeness (QED) is 0.757. The van der Waals surface area contributed by atoms with E-state index in [1.54, 1.807) is 11.0 Å². The highest BCUT2D eigenvalue weighted by Gasteiger charge is 2.28. The van der Waals surface area contributed by atoms with Crippen molar-refractivity contribution in [2.45, 2.75) is 13.0 Å². The van der Waals surface area contributed by atoms with Crippen LogP contribution < -0.4 is 4.90 Å². The second-order valence-electron chi connectivity index (χ2n) is 6.90. The van der Waals surface area contributed by atoms with Gasteiger partial charge in [0.05, 0.1) is 12.2 Å². The Bertz CT molecular complexity index is 1020. The molecule has 142 valence electrons. The molecule has 1 aliphatic heterocycles. The summed E-state index contributed by atoms with van der Waals surface area (Å²) >= 11 is 0. The van der Waals surface area contributed by atoms with Crippen LogP contribution in [0, 0.1) is 0 Å². The van der Waals surface area contributed by atoms with Crippen LogP contribution >= 0.6 is 0 Å². The van der Waals surface area contributed by atoms with Crippen LogP contribution in [0.2, 0.25) is 0 Å². The van der Waals surface area contributed by atoms with E-state index in [-0.39, 0.29) is 17.4 Å². The van der Waals surface area contributed by atoms with Crippen LogP contribution in [0.5, 0.6) is 5.75 Å². The molecule has 28 heavy (non-hydrogen) atoms. The fraction of sp³-hybridized carbons (Fsp3) is 0.238. The Hall–Kier alpha value is -3.48. The highest BCUT2D eigenvalue weighted by Crippen LogP contribution is 2.29. The molecule has 0 unspecified atom stereocenters.